The molecule has 292 valence electrons. The lowest BCUT2D eigenvalue weighted by atomic mass is 9.83. The van der Waals surface area contributed by atoms with Crippen LogP contribution < -0.4 is 4.90 Å². The van der Waals surface area contributed by atoms with Crippen LogP contribution in [0.5, 0.6) is 0 Å². The minimum absolute atomic E-state index is 0.0600. The first-order chi connectivity index (χ1) is 29.1. The summed E-state index contributed by atoms with van der Waals surface area (Å²) >= 11 is 0. The highest BCUT2D eigenvalue weighted by molar-refractivity contribution is 6.22. The molecule has 0 radical (unpaired) electrons. The van der Waals surface area contributed by atoms with Crippen LogP contribution in [0, 0.1) is 0 Å². The molecule has 1 heterocycles. The van der Waals surface area contributed by atoms with Crippen molar-refractivity contribution in [3.05, 3.63) is 205 Å². The van der Waals surface area contributed by atoms with Gasteiger partial charge in [0.2, 0.25) is 0 Å². The number of benzene rings is 9. The van der Waals surface area contributed by atoms with Crippen LogP contribution >= 0.6 is 0 Å². The van der Waals surface area contributed by atoms with Gasteiger partial charge in [0.1, 0.15) is 0 Å². The van der Waals surface area contributed by atoms with Crippen LogP contribution in [0.3, 0.4) is 0 Å². The van der Waals surface area contributed by atoms with Gasteiger partial charge < -0.3 is 9.47 Å². The van der Waals surface area contributed by atoms with Crippen molar-refractivity contribution in [2.75, 3.05) is 4.90 Å². The van der Waals surface area contributed by atoms with Gasteiger partial charge in [-0.15, -0.1) is 0 Å². The van der Waals surface area contributed by atoms with Gasteiger partial charge in [0.05, 0.1) is 22.2 Å². The number of nitrogens with zero attached hydrogens (tertiary/aromatic N) is 2. The number of alkyl halides is 6. The minimum Gasteiger partial charge on any atom is -0.310 e. The number of rotatable bonds is 6. The second-order valence-corrected chi connectivity index (χ2v) is 14.7. The summed E-state index contributed by atoms with van der Waals surface area (Å²) in [5.41, 5.74) is 3.97. The maximum Gasteiger partial charge on any atom is 0.417 e. The van der Waals surface area contributed by atoms with E-state index in [4.69, 9.17) is 0 Å². The number of aromatic nitrogens is 1. The van der Waals surface area contributed by atoms with Crippen molar-refractivity contribution in [3.8, 4) is 27.9 Å². The van der Waals surface area contributed by atoms with Crippen molar-refractivity contribution in [2.45, 2.75) is 12.4 Å². The first-order valence-corrected chi connectivity index (χ1v) is 19.3. The van der Waals surface area contributed by atoms with Crippen LogP contribution in [0.25, 0.3) is 71.3 Å². The third kappa shape index (κ3) is 6.14. The highest BCUT2D eigenvalue weighted by atomic mass is 19.4. The van der Waals surface area contributed by atoms with Crippen LogP contribution in [-0.2, 0) is 12.4 Å². The molecule has 10 rings (SSSR count). The third-order valence-corrected chi connectivity index (χ3v) is 11.2. The summed E-state index contributed by atoms with van der Waals surface area (Å²) in [7, 11) is 0. The Morgan fingerprint density at radius 2 is 0.733 bits per heavy atom. The summed E-state index contributed by atoms with van der Waals surface area (Å²) in [6.45, 7) is 0. The van der Waals surface area contributed by atoms with E-state index in [1.807, 2.05) is 89.8 Å². The second-order valence-electron chi connectivity index (χ2n) is 14.7. The molecule has 10 aromatic rings. The van der Waals surface area contributed by atoms with Gasteiger partial charge in [-0.1, -0.05) is 121 Å². The van der Waals surface area contributed by atoms with Crippen LogP contribution in [0.4, 0.5) is 43.4 Å². The molecule has 0 amide bonds. The van der Waals surface area contributed by atoms with Gasteiger partial charge >= 0.3 is 12.4 Å². The summed E-state index contributed by atoms with van der Waals surface area (Å²) < 4.78 is 91.1. The summed E-state index contributed by atoms with van der Waals surface area (Å²) in [4.78, 5) is 2.01. The minimum atomic E-state index is -4.71. The van der Waals surface area contributed by atoms with E-state index in [1.54, 1.807) is 48.5 Å². The predicted molar refractivity (Wildman–Crippen MR) is 231 cm³/mol. The molecule has 0 spiro atoms. The summed E-state index contributed by atoms with van der Waals surface area (Å²) in [5, 5.41) is 3.82. The molecule has 0 bridgehead atoms. The van der Waals surface area contributed by atoms with E-state index in [0.717, 1.165) is 51.0 Å². The summed E-state index contributed by atoms with van der Waals surface area (Å²) in [6, 6.07) is 57.0. The molecule has 0 N–H and O–H groups in total. The average molecular weight is 799 g/mol. The first kappa shape index (κ1) is 37.0. The van der Waals surface area contributed by atoms with Gasteiger partial charge in [-0.3, -0.25) is 0 Å². The zero-order chi connectivity index (χ0) is 41.2. The maximum absolute atomic E-state index is 14.9. The van der Waals surface area contributed by atoms with Crippen LogP contribution in [0.2, 0.25) is 0 Å². The quantitative estimate of drug-likeness (QED) is 0.120. The summed E-state index contributed by atoms with van der Waals surface area (Å²) in [6.07, 6.45) is -9.40. The number of para-hydroxylation sites is 3. The molecule has 0 fully saturated rings. The van der Waals surface area contributed by atoms with Crippen LogP contribution in [-0.4, -0.2) is 4.57 Å². The average Bonchev–Trinajstić information content (AvgIpc) is 3.60. The number of halogens is 6. The van der Waals surface area contributed by atoms with Gasteiger partial charge in [-0.2, -0.15) is 26.3 Å². The molecule has 0 aliphatic carbocycles. The molecule has 0 saturated heterocycles. The summed E-state index contributed by atoms with van der Waals surface area (Å²) in [5.74, 6) is 0. The standard InChI is InChI=1S/C52H32F6N2/c53-51(54,55)45-22-10-6-20-42(45)49-39-18-4-5-19-40(39)50(43-21-7-11-23-46(43)52(56,57)58)44-32-36(30-31-41(44)49)59(33-14-2-1-3-15-33)34-26-28-35(29-27-34)60-47-24-12-8-16-37(47)38-17-9-13-25-48(38)60/h1-32H. The number of hydrogen-bond donors (Lipinski definition) is 0. The molecular formula is C52H32F6N2. The number of hydrogen-bond acceptors (Lipinski definition) is 1. The van der Waals surface area contributed by atoms with E-state index >= 15 is 0 Å². The van der Waals surface area contributed by atoms with Crippen molar-refractivity contribution in [2.24, 2.45) is 0 Å². The molecule has 8 heteroatoms. The largest absolute Gasteiger partial charge is 0.417 e. The Morgan fingerprint density at radius 3 is 1.27 bits per heavy atom. The van der Waals surface area contributed by atoms with Crippen molar-refractivity contribution in [3.63, 3.8) is 0 Å². The second kappa shape index (κ2) is 14.2. The SMILES string of the molecule is FC(F)(F)c1ccccc1-c1c2ccccc2c(-c2ccccc2C(F)(F)F)c2cc(N(c3ccccc3)c3ccc(-n4c5ccccc5c5ccccc54)cc3)ccc12. The smallest absolute Gasteiger partial charge is 0.310 e. The lowest BCUT2D eigenvalue weighted by Gasteiger charge is -2.27. The molecule has 0 atom stereocenters. The van der Waals surface area contributed by atoms with E-state index in [0.29, 0.717) is 27.2 Å². The molecule has 60 heavy (non-hydrogen) atoms. The molecule has 0 saturated carbocycles. The first-order valence-electron chi connectivity index (χ1n) is 19.3. The zero-order valence-electron chi connectivity index (χ0n) is 31.6. The van der Waals surface area contributed by atoms with Gasteiger partial charge in [-0.25, -0.2) is 0 Å². The molecule has 9 aromatic carbocycles. The molecular weight excluding hydrogens is 767 g/mol. The van der Waals surface area contributed by atoms with E-state index in [1.165, 1.54) is 24.3 Å². The molecule has 0 aliphatic rings. The van der Waals surface area contributed by atoms with E-state index < -0.39 is 23.5 Å². The topological polar surface area (TPSA) is 8.17 Å². The predicted octanol–water partition coefficient (Wildman–Crippen LogP) is 15.9. The molecule has 0 unspecified atom stereocenters. The van der Waals surface area contributed by atoms with E-state index in [2.05, 4.69) is 28.8 Å². The highest BCUT2D eigenvalue weighted by Crippen LogP contribution is 2.50. The fourth-order valence-corrected chi connectivity index (χ4v) is 8.76. The molecule has 1 aromatic heterocycles. The van der Waals surface area contributed by atoms with E-state index in [-0.39, 0.29) is 22.3 Å². The Morgan fingerprint density at radius 1 is 0.333 bits per heavy atom. The maximum atomic E-state index is 14.9. The lowest BCUT2D eigenvalue weighted by Crippen LogP contribution is -2.11. The Kier molecular flexibility index (Phi) is 8.75. The Hall–Kier alpha value is -7.32. The van der Waals surface area contributed by atoms with Gasteiger partial charge in [0.15, 0.2) is 0 Å². The monoisotopic (exact) mass is 798 g/mol. The van der Waals surface area contributed by atoms with Crippen molar-refractivity contribution >= 4 is 60.4 Å². The Labute approximate surface area is 340 Å². The highest BCUT2D eigenvalue weighted by Gasteiger charge is 2.36. The van der Waals surface area contributed by atoms with Crippen molar-refractivity contribution in [1.82, 2.24) is 4.57 Å². The molecule has 0 aliphatic heterocycles. The normalized spacial score (nSPS) is 12.2. The van der Waals surface area contributed by atoms with Crippen LogP contribution in [0.1, 0.15) is 11.1 Å². The fourth-order valence-electron chi connectivity index (χ4n) is 8.76. The van der Waals surface area contributed by atoms with Gasteiger partial charge in [0, 0.05) is 33.5 Å². The third-order valence-electron chi connectivity index (χ3n) is 11.2. The molecule has 2 nitrogen and oxygen atoms in total. The fraction of sp³-hybridized carbons (Fsp3) is 0.0385. The van der Waals surface area contributed by atoms with Gasteiger partial charge in [0.25, 0.3) is 0 Å². The number of fused-ring (bicyclic) bond motifs is 5. The zero-order valence-corrected chi connectivity index (χ0v) is 31.6. The number of anilines is 3. The van der Waals surface area contributed by atoms with Crippen molar-refractivity contribution < 1.29 is 26.3 Å². The Balaban J connectivity index is 1.25. The van der Waals surface area contributed by atoms with Crippen molar-refractivity contribution in [1.29, 1.82) is 0 Å². The van der Waals surface area contributed by atoms with Crippen LogP contribution in [0.15, 0.2) is 194 Å². The Bertz CT molecular complexity index is 3180. The van der Waals surface area contributed by atoms with E-state index in [9.17, 15) is 26.3 Å². The lowest BCUT2D eigenvalue weighted by molar-refractivity contribution is -0.137. The van der Waals surface area contributed by atoms with Gasteiger partial charge in [-0.05, 0) is 117 Å².